The van der Waals surface area contributed by atoms with E-state index in [4.69, 9.17) is 10.5 Å². The van der Waals surface area contributed by atoms with Crippen molar-refractivity contribution in [2.75, 3.05) is 13.7 Å². The quantitative estimate of drug-likeness (QED) is 0.875. The van der Waals surface area contributed by atoms with Gasteiger partial charge in [-0.1, -0.05) is 38.0 Å². The molecule has 3 atom stereocenters. The Morgan fingerprint density at radius 3 is 2.67 bits per heavy atom. The molecule has 118 valence electrons. The van der Waals surface area contributed by atoms with E-state index >= 15 is 0 Å². The van der Waals surface area contributed by atoms with Crippen molar-refractivity contribution in [2.45, 2.75) is 52.1 Å². The minimum atomic E-state index is -0.414. The number of methoxy groups -OCH3 is 1. The van der Waals surface area contributed by atoms with E-state index in [9.17, 15) is 5.11 Å². The monoisotopic (exact) mass is 291 g/mol. The van der Waals surface area contributed by atoms with E-state index in [2.05, 4.69) is 26.8 Å². The predicted molar refractivity (Wildman–Crippen MR) is 86.7 cm³/mol. The Morgan fingerprint density at radius 2 is 2.14 bits per heavy atom. The fourth-order valence-electron chi connectivity index (χ4n) is 3.86. The van der Waals surface area contributed by atoms with Gasteiger partial charge in [0, 0.05) is 18.0 Å². The first kappa shape index (κ1) is 16.3. The van der Waals surface area contributed by atoms with Gasteiger partial charge in [0.2, 0.25) is 0 Å². The lowest BCUT2D eigenvalue weighted by molar-refractivity contribution is 0.0340. The third kappa shape index (κ3) is 3.24. The lowest BCUT2D eigenvalue weighted by atomic mass is 9.73. The minimum Gasteiger partial charge on any atom is -0.496 e. The highest BCUT2D eigenvalue weighted by atomic mass is 16.5. The molecule has 3 unspecified atom stereocenters. The zero-order valence-corrected chi connectivity index (χ0v) is 13.7. The molecular weight excluding hydrogens is 262 g/mol. The van der Waals surface area contributed by atoms with Crippen LogP contribution in [0.1, 0.15) is 50.2 Å². The highest BCUT2D eigenvalue weighted by molar-refractivity contribution is 5.40. The maximum absolute atomic E-state index is 11.0. The molecule has 1 aliphatic carbocycles. The molecular formula is C18H29NO2. The van der Waals surface area contributed by atoms with Crippen LogP contribution in [-0.2, 0) is 0 Å². The summed E-state index contributed by atoms with van der Waals surface area (Å²) in [7, 11) is 1.67. The number of aliphatic hydroxyl groups excluding tert-OH is 1. The Morgan fingerprint density at radius 1 is 1.43 bits per heavy atom. The summed E-state index contributed by atoms with van der Waals surface area (Å²) in [6, 6.07) is 6.10. The Bertz CT molecular complexity index is 484. The highest BCUT2D eigenvalue weighted by Gasteiger charge is 2.42. The molecule has 0 heterocycles. The van der Waals surface area contributed by atoms with Crippen LogP contribution in [0.3, 0.4) is 0 Å². The summed E-state index contributed by atoms with van der Waals surface area (Å²) in [5, 5.41) is 11.0. The average molecular weight is 291 g/mol. The predicted octanol–water partition coefficient (Wildman–Crippen LogP) is 3.23. The van der Waals surface area contributed by atoms with Crippen LogP contribution in [0.4, 0.5) is 0 Å². The number of rotatable bonds is 5. The molecule has 0 bridgehead atoms. The first-order valence-corrected chi connectivity index (χ1v) is 7.93. The second-order valence-corrected chi connectivity index (χ2v) is 7.07. The number of hydrogen-bond donors (Lipinski definition) is 2. The Hall–Kier alpha value is -1.06. The van der Waals surface area contributed by atoms with Crippen molar-refractivity contribution in [1.82, 2.24) is 0 Å². The number of nitrogens with two attached hydrogens (primary N) is 1. The number of hydrogen-bond acceptors (Lipinski definition) is 3. The molecule has 0 spiro atoms. The summed E-state index contributed by atoms with van der Waals surface area (Å²) < 4.78 is 5.48. The van der Waals surface area contributed by atoms with E-state index in [1.54, 1.807) is 7.11 Å². The maximum atomic E-state index is 11.0. The van der Waals surface area contributed by atoms with Gasteiger partial charge in [0.1, 0.15) is 5.75 Å². The molecule has 2 rings (SSSR count). The molecule has 1 saturated carbocycles. The zero-order valence-electron chi connectivity index (χ0n) is 13.7. The van der Waals surface area contributed by atoms with Crippen LogP contribution in [-0.4, -0.2) is 24.9 Å². The van der Waals surface area contributed by atoms with E-state index in [-0.39, 0.29) is 11.3 Å². The van der Waals surface area contributed by atoms with Gasteiger partial charge in [-0.15, -0.1) is 0 Å². The average Bonchev–Trinajstić information content (AvgIpc) is 2.79. The molecule has 1 aromatic carbocycles. The van der Waals surface area contributed by atoms with Crippen LogP contribution in [0.2, 0.25) is 0 Å². The molecule has 1 fully saturated rings. The Balaban J connectivity index is 2.33. The number of benzene rings is 1. The number of ether oxygens (including phenoxy) is 1. The largest absolute Gasteiger partial charge is 0.496 e. The molecule has 0 aromatic heterocycles. The van der Waals surface area contributed by atoms with Crippen molar-refractivity contribution in [1.29, 1.82) is 0 Å². The Kier molecular flexibility index (Phi) is 4.95. The van der Waals surface area contributed by atoms with Gasteiger partial charge in [0.05, 0.1) is 13.2 Å². The second kappa shape index (κ2) is 6.37. The fourth-order valence-corrected chi connectivity index (χ4v) is 3.86. The summed E-state index contributed by atoms with van der Waals surface area (Å²) in [5.41, 5.74) is 8.41. The normalized spacial score (nSPS) is 23.8. The molecule has 0 radical (unpaired) electrons. The van der Waals surface area contributed by atoms with Crippen LogP contribution in [0.25, 0.3) is 0 Å². The SMILES string of the molecule is COc1ccc(C)cc1C(CN)C(O)C1CCCC1(C)C. The molecule has 1 aromatic rings. The highest BCUT2D eigenvalue weighted by Crippen LogP contribution is 2.47. The first-order valence-electron chi connectivity index (χ1n) is 7.93. The molecule has 3 heteroatoms. The third-order valence-electron chi connectivity index (χ3n) is 5.20. The van der Waals surface area contributed by atoms with Crippen molar-refractivity contribution in [2.24, 2.45) is 17.1 Å². The summed E-state index contributed by atoms with van der Waals surface area (Å²) in [5.74, 6) is 1.06. The van der Waals surface area contributed by atoms with Gasteiger partial charge in [-0.05, 0) is 37.2 Å². The van der Waals surface area contributed by atoms with E-state index in [1.807, 2.05) is 12.1 Å². The van der Waals surface area contributed by atoms with Gasteiger partial charge in [0.15, 0.2) is 0 Å². The molecule has 1 aliphatic rings. The van der Waals surface area contributed by atoms with Crippen LogP contribution in [0, 0.1) is 18.3 Å². The second-order valence-electron chi connectivity index (χ2n) is 7.07. The van der Waals surface area contributed by atoms with Crippen LogP contribution < -0.4 is 10.5 Å². The third-order valence-corrected chi connectivity index (χ3v) is 5.20. The summed E-state index contributed by atoms with van der Waals surface area (Å²) in [4.78, 5) is 0. The van der Waals surface area contributed by atoms with Gasteiger partial charge >= 0.3 is 0 Å². The van der Waals surface area contributed by atoms with Crippen molar-refractivity contribution in [3.8, 4) is 5.75 Å². The summed E-state index contributed by atoms with van der Waals surface area (Å²) in [6.07, 6.45) is 3.04. The van der Waals surface area contributed by atoms with Gasteiger partial charge in [-0.2, -0.15) is 0 Å². The van der Waals surface area contributed by atoms with Crippen LogP contribution in [0.5, 0.6) is 5.75 Å². The van der Waals surface area contributed by atoms with Crippen LogP contribution >= 0.6 is 0 Å². The van der Waals surface area contributed by atoms with Crippen molar-refractivity contribution in [3.63, 3.8) is 0 Å². The number of aliphatic hydroxyl groups is 1. The van der Waals surface area contributed by atoms with Gasteiger partial charge < -0.3 is 15.6 Å². The first-order chi connectivity index (χ1) is 9.90. The molecule has 21 heavy (non-hydrogen) atoms. The van der Waals surface area contributed by atoms with Gasteiger partial charge in [-0.25, -0.2) is 0 Å². The van der Waals surface area contributed by atoms with Gasteiger partial charge in [0.25, 0.3) is 0 Å². The van der Waals surface area contributed by atoms with Crippen molar-refractivity contribution in [3.05, 3.63) is 29.3 Å². The smallest absolute Gasteiger partial charge is 0.122 e. The summed E-state index contributed by atoms with van der Waals surface area (Å²) in [6.45, 7) is 7.01. The molecule has 3 nitrogen and oxygen atoms in total. The summed E-state index contributed by atoms with van der Waals surface area (Å²) >= 11 is 0. The maximum Gasteiger partial charge on any atom is 0.122 e. The van der Waals surface area contributed by atoms with Crippen molar-refractivity contribution < 1.29 is 9.84 Å². The zero-order chi connectivity index (χ0) is 15.6. The minimum absolute atomic E-state index is 0.0674. The Labute approximate surface area is 128 Å². The fraction of sp³-hybridized carbons (Fsp3) is 0.667. The molecule has 0 saturated heterocycles. The molecule has 0 amide bonds. The van der Waals surface area contributed by atoms with Crippen LogP contribution in [0.15, 0.2) is 18.2 Å². The lowest BCUT2D eigenvalue weighted by Crippen LogP contribution is -2.37. The number of aryl methyl sites for hydroxylation is 1. The van der Waals surface area contributed by atoms with E-state index < -0.39 is 6.10 Å². The topological polar surface area (TPSA) is 55.5 Å². The van der Waals surface area contributed by atoms with Gasteiger partial charge in [-0.3, -0.25) is 0 Å². The standard InChI is InChI=1S/C18H29NO2/c1-12-7-8-16(21-4)13(10-12)14(11-19)17(20)15-6-5-9-18(15,2)3/h7-8,10,14-15,17,20H,5-6,9,11,19H2,1-4H3. The van der Waals surface area contributed by atoms with E-state index in [0.29, 0.717) is 12.5 Å². The lowest BCUT2D eigenvalue weighted by Gasteiger charge is -2.35. The molecule has 3 N–H and O–H groups in total. The van der Waals surface area contributed by atoms with E-state index in [1.165, 1.54) is 18.4 Å². The van der Waals surface area contributed by atoms with E-state index in [0.717, 1.165) is 17.7 Å². The molecule has 0 aliphatic heterocycles. The van der Waals surface area contributed by atoms with Crippen molar-refractivity contribution >= 4 is 0 Å².